The highest BCUT2D eigenvalue weighted by Gasteiger charge is 2.19. The number of likely N-dealkylation sites (N-methyl/N-ethyl adjacent to an activating group) is 1. The van der Waals surface area contributed by atoms with Crippen LogP contribution < -0.4 is 4.74 Å². The molecule has 2 rings (SSSR count). The van der Waals surface area contributed by atoms with Crippen molar-refractivity contribution in [1.82, 2.24) is 4.90 Å². The van der Waals surface area contributed by atoms with Crippen LogP contribution in [0.4, 0.5) is 0 Å². The Morgan fingerprint density at radius 2 is 1.86 bits per heavy atom. The van der Waals surface area contributed by atoms with Gasteiger partial charge in [-0.05, 0) is 38.4 Å². The number of hydrogen-bond acceptors (Lipinski definition) is 3. The second-order valence-electron chi connectivity index (χ2n) is 6.32. The lowest BCUT2D eigenvalue weighted by Crippen LogP contribution is -2.39. The molecule has 0 spiro atoms. The number of benzene rings is 1. The molecule has 1 atom stereocenters. The zero-order chi connectivity index (χ0) is 15.1. The van der Waals surface area contributed by atoms with Gasteiger partial charge >= 0.3 is 0 Å². The Labute approximate surface area is 128 Å². The lowest BCUT2D eigenvalue weighted by atomic mass is 10.1. The topological polar surface area (TPSA) is 32.7 Å². The molecule has 1 aliphatic rings. The van der Waals surface area contributed by atoms with Crippen LogP contribution in [0.5, 0.6) is 5.75 Å². The maximum Gasteiger partial charge on any atom is 0.122 e. The van der Waals surface area contributed by atoms with Gasteiger partial charge in [-0.2, -0.15) is 0 Å². The fraction of sp³-hybridized carbons (Fsp3) is 0.667. The summed E-state index contributed by atoms with van der Waals surface area (Å²) in [5, 5.41) is 10.2. The van der Waals surface area contributed by atoms with Crippen LogP contribution in [0.1, 0.15) is 44.1 Å². The predicted molar refractivity (Wildman–Crippen MR) is 86.8 cm³/mol. The van der Waals surface area contributed by atoms with Gasteiger partial charge in [0.05, 0.1) is 0 Å². The van der Waals surface area contributed by atoms with E-state index in [-0.39, 0.29) is 0 Å². The van der Waals surface area contributed by atoms with E-state index in [0.29, 0.717) is 19.2 Å². The standard InChI is InChI=1S/C18H29NO2/c1-15-9-7-8-12-18(15)21-14-17(20)13-19(2)16-10-5-3-4-6-11-16/h7-9,12,16-17,20H,3-6,10-11,13-14H2,1-2H3. The summed E-state index contributed by atoms with van der Waals surface area (Å²) in [7, 11) is 2.13. The Balaban J connectivity index is 1.75. The fourth-order valence-electron chi connectivity index (χ4n) is 3.14. The second-order valence-corrected chi connectivity index (χ2v) is 6.32. The van der Waals surface area contributed by atoms with Crippen molar-refractivity contribution in [2.75, 3.05) is 20.2 Å². The van der Waals surface area contributed by atoms with Gasteiger partial charge in [0, 0.05) is 12.6 Å². The first-order valence-corrected chi connectivity index (χ1v) is 8.23. The molecule has 0 radical (unpaired) electrons. The Morgan fingerprint density at radius 3 is 2.52 bits per heavy atom. The van der Waals surface area contributed by atoms with Gasteiger partial charge in [-0.1, -0.05) is 43.9 Å². The molecule has 1 N–H and O–H groups in total. The Morgan fingerprint density at radius 1 is 1.19 bits per heavy atom. The summed E-state index contributed by atoms with van der Waals surface area (Å²) in [6.07, 6.45) is 7.48. The Bertz CT molecular complexity index is 413. The first kappa shape index (κ1) is 16.3. The van der Waals surface area contributed by atoms with Gasteiger partial charge in [-0.25, -0.2) is 0 Å². The second kappa shape index (κ2) is 8.40. The van der Waals surface area contributed by atoms with Crippen LogP contribution in [-0.4, -0.2) is 42.4 Å². The molecule has 1 aliphatic carbocycles. The summed E-state index contributed by atoms with van der Waals surface area (Å²) >= 11 is 0. The van der Waals surface area contributed by atoms with Crippen molar-refractivity contribution < 1.29 is 9.84 Å². The third-order valence-corrected chi connectivity index (χ3v) is 4.47. The summed E-state index contributed by atoms with van der Waals surface area (Å²) < 4.78 is 5.73. The van der Waals surface area contributed by atoms with E-state index in [1.54, 1.807) is 0 Å². The minimum absolute atomic E-state index is 0.363. The van der Waals surface area contributed by atoms with Gasteiger partial charge in [0.25, 0.3) is 0 Å². The van der Waals surface area contributed by atoms with Crippen molar-refractivity contribution in [1.29, 1.82) is 0 Å². The van der Waals surface area contributed by atoms with Crippen LogP contribution in [0.15, 0.2) is 24.3 Å². The molecule has 1 unspecified atom stereocenters. The van der Waals surface area contributed by atoms with Crippen molar-refractivity contribution in [2.24, 2.45) is 0 Å². The monoisotopic (exact) mass is 291 g/mol. The normalized spacial score (nSPS) is 18.5. The molecule has 0 bridgehead atoms. The molecule has 21 heavy (non-hydrogen) atoms. The highest BCUT2D eigenvalue weighted by atomic mass is 16.5. The van der Waals surface area contributed by atoms with Crippen LogP contribution in [0, 0.1) is 6.92 Å². The maximum atomic E-state index is 10.2. The van der Waals surface area contributed by atoms with Crippen molar-refractivity contribution in [3.8, 4) is 5.75 Å². The quantitative estimate of drug-likeness (QED) is 0.816. The van der Waals surface area contributed by atoms with Crippen LogP contribution in [0.3, 0.4) is 0 Å². The number of aryl methyl sites for hydroxylation is 1. The first-order valence-electron chi connectivity index (χ1n) is 8.23. The molecule has 1 saturated carbocycles. The average Bonchev–Trinajstić information content (AvgIpc) is 2.75. The molecule has 1 aromatic rings. The maximum absolute atomic E-state index is 10.2. The molecule has 0 saturated heterocycles. The zero-order valence-corrected chi connectivity index (χ0v) is 13.4. The largest absolute Gasteiger partial charge is 0.491 e. The summed E-state index contributed by atoms with van der Waals surface area (Å²) in [6, 6.07) is 8.57. The molecule has 1 aromatic carbocycles. The molecule has 0 aromatic heterocycles. The van der Waals surface area contributed by atoms with Gasteiger partial charge in [0.2, 0.25) is 0 Å². The third kappa shape index (κ3) is 5.33. The van der Waals surface area contributed by atoms with Crippen LogP contribution in [0.2, 0.25) is 0 Å². The molecule has 118 valence electrons. The van der Waals surface area contributed by atoms with Gasteiger partial charge in [0.15, 0.2) is 0 Å². The van der Waals surface area contributed by atoms with Gasteiger partial charge in [-0.3, -0.25) is 0 Å². The molecule has 1 fully saturated rings. The number of aliphatic hydroxyl groups excluding tert-OH is 1. The number of hydrogen-bond donors (Lipinski definition) is 1. The SMILES string of the molecule is Cc1ccccc1OCC(O)CN(C)C1CCCCCC1. The zero-order valence-electron chi connectivity index (χ0n) is 13.4. The molecule has 0 aliphatic heterocycles. The summed E-state index contributed by atoms with van der Waals surface area (Å²) in [6.45, 7) is 3.08. The molecule has 0 amide bonds. The lowest BCUT2D eigenvalue weighted by Gasteiger charge is -2.29. The van der Waals surface area contributed by atoms with Crippen LogP contribution >= 0.6 is 0 Å². The van der Waals surface area contributed by atoms with E-state index in [9.17, 15) is 5.11 Å². The van der Waals surface area contributed by atoms with E-state index >= 15 is 0 Å². The fourth-order valence-corrected chi connectivity index (χ4v) is 3.14. The molecular weight excluding hydrogens is 262 g/mol. The third-order valence-electron chi connectivity index (χ3n) is 4.47. The van der Waals surface area contributed by atoms with E-state index in [4.69, 9.17) is 4.74 Å². The number of para-hydroxylation sites is 1. The summed E-state index contributed by atoms with van der Waals surface area (Å²) in [4.78, 5) is 2.32. The minimum atomic E-state index is -0.433. The number of nitrogens with zero attached hydrogens (tertiary/aromatic N) is 1. The van der Waals surface area contributed by atoms with Crippen LogP contribution in [-0.2, 0) is 0 Å². The van der Waals surface area contributed by atoms with E-state index in [1.807, 2.05) is 31.2 Å². The Kier molecular flexibility index (Phi) is 6.52. The number of ether oxygens (including phenoxy) is 1. The summed E-state index contributed by atoms with van der Waals surface area (Å²) in [5.41, 5.74) is 1.11. The van der Waals surface area contributed by atoms with Gasteiger partial charge in [-0.15, -0.1) is 0 Å². The van der Waals surface area contributed by atoms with E-state index < -0.39 is 6.10 Å². The molecule has 0 heterocycles. The Hall–Kier alpha value is -1.06. The number of rotatable bonds is 6. The van der Waals surface area contributed by atoms with Crippen molar-refractivity contribution in [3.05, 3.63) is 29.8 Å². The van der Waals surface area contributed by atoms with Crippen molar-refractivity contribution in [3.63, 3.8) is 0 Å². The predicted octanol–water partition coefficient (Wildman–Crippen LogP) is 3.39. The first-order chi connectivity index (χ1) is 10.2. The minimum Gasteiger partial charge on any atom is -0.491 e. The van der Waals surface area contributed by atoms with Crippen molar-refractivity contribution >= 4 is 0 Å². The van der Waals surface area contributed by atoms with Gasteiger partial charge < -0.3 is 14.7 Å². The number of aliphatic hydroxyl groups is 1. The molecule has 3 heteroatoms. The van der Waals surface area contributed by atoms with E-state index in [1.165, 1.54) is 38.5 Å². The molecule has 3 nitrogen and oxygen atoms in total. The average molecular weight is 291 g/mol. The smallest absolute Gasteiger partial charge is 0.122 e. The highest BCUT2D eigenvalue weighted by molar-refractivity contribution is 5.31. The summed E-state index contributed by atoms with van der Waals surface area (Å²) in [5.74, 6) is 0.869. The van der Waals surface area contributed by atoms with Crippen LogP contribution in [0.25, 0.3) is 0 Å². The van der Waals surface area contributed by atoms with Crippen molar-refractivity contribution in [2.45, 2.75) is 57.6 Å². The molecular formula is C18H29NO2. The highest BCUT2D eigenvalue weighted by Crippen LogP contribution is 2.21. The van der Waals surface area contributed by atoms with E-state index in [0.717, 1.165) is 11.3 Å². The van der Waals surface area contributed by atoms with Gasteiger partial charge in [0.1, 0.15) is 18.5 Å². The van der Waals surface area contributed by atoms with E-state index in [2.05, 4.69) is 11.9 Å². The lowest BCUT2D eigenvalue weighted by molar-refractivity contribution is 0.0601.